The molecule has 2 aromatic carbocycles. The first-order chi connectivity index (χ1) is 15.5. The standard InChI is InChI=1S/C23H19Cl2N3O4/c1-31-18-8-7-15(23(30)28-21-16(24)10-26-11-17(21)25)20-13(12-32-22(18)20)9-19(29)27-14-5-3-2-4-6-14/h2-8,10-11,13H,9,12H2,1H3,(H,27,29)(H,26,28,30). The zero-order valence-corrected chi connectivity index (χ0v) is 18.5. The van der Waals surface area contributed by atoms with E-state index in [0.29, 0.717) is 28.3 Å². The topological polar surface area (TPSA) is 89.6 Å². The van der Waals surface area contributed by atoms with Gasteiger partial charge in [0.05, 0.1) is 29.4 Å². The molecular formula is C23H19Cl2N3O4. The summed E-state index contributed by atoms with van der Waals surface area (Å²) in [6.07, 6.45) is 2.91. The Bertz CT molecular complexity index is 1150. The molecule has 2 amide bonds. The fraction of sp³-hybridized carbons (Fsp3) is 0.174. The fourth-order valence-electron chi connectivity index (χ4n) is 3.59. The lowest BCUT2D eigenvalue weighted by Crippen LogP contribution is -2.19. The Labute approximate surface area is 194 Å². The van der Waals surface area contributed by atoms with Gasteiger partial charge in [-0.15, -0.1) is 0 Å². The Morgan fingerprint density at radius 3 is 2.50 bits per heavy atom. The molecule has 0 radical (unpaired) electrons. The van der Waals surface area contributed by atoms with Crippen LogP contribution in [0.15, 0.2) is 54.9 Å². The van der Waals surface area contributed by atoms with Crippen LogP contribution in [0.4, 0.5) is 11.4 Å². The number of nitrogens with zero attached hydrogens (tertiary/aromatic N) is 1. The highest BCUT2D eigenvalue weighted by molar-refractivity contribution is 6.39. The van der Waals surface area contributed by atoms with Gasteiger partial charge in [0.15, 0.2) is 11.5 Å². The van der Waals surface area contributed by atoms with E-state index in [9.17, 15) is 9.59 Å². The van der Waals surface area contributed by atoms with Gasteiger partial charge in [0.2, 0.25) is 5.91 Å². The minimum Gasteiger partial charge on any atom is -0.493 e. The number of carbonyl (C=O) groups excluding carboxylic acids is 2. The number of halogens is 2. The average molecular weight is 472 g/mol. The van der Waals surface area contributed by atoms with E-state index in [2.05, 4.69) is 15.6 Å². The van der Waals surface area contributed by atoms with Crippen LogP contribution >= 0.6 is 23.2 Å². The lowest BCUT2D eigenvalue weighted by Gasteiger charge is -2.15. The number of para-hydroxylation sites is 1. The summed E-state index contributed by atoms with van der Waals surface area (Å²) in [5, 5.41) is 6.03. The Morgan fingerprint density at radius 2 is 1.81 bits per heavy atom. The van der Waals surface area contributed by atoms with E-state index in [-0.39, 0.29) is 40.6 Å². The molecule has 1 atom stereocenters. The number of pyridine rings is 1. The second-order valence-corrected chi connectivity index (χ2v) is 7.93. The van der Waals surface area contributed by atoms with Crippen molar-refractivity contribution in [3.8, 4) is 11.5 Å². The van der Waals surface area contributed by atoms with Gasteiger partial charge in [0.1, 0.15) is 0 Å². The van der Waals surface area contributed by atoms with E-state index in [0.717, 1.165) is 0 Å². The van der Waals surface area contributed by atoms with Crippen molar-refractivity contribution in [3.63, 3.8) is 0 Å². The smallest absolute Gasteiger partial charge is 0.256 e. The second-order valence-electron chi connectivity index (χ2n) is 7.12. The number of hydrogen-bond acceptors (Lipinski definition) is 5. The van der Waals surface area contributed by atoms with Crippen molar-refractivity contribution < 1.29 is 19.1 Å². The van der Waals surface area contributed by atoms with Crippen molar-refractivity contribution in [1.29, 1.82) is 0 Å². The second kappa shape index (κ2) is 9.46. The normalized spacial score (nSPS) is 14.3. The fourth-order valence-corrected chi connectivity index (χ4v) is 4.05. The van der Waals surface area contributed by atoms with E-state index in [4.69, 9.17) is 32.7 Å². The van der Waals surface area contributed by atoms with Crippen LogP contribution in [0.1, 0.15) is 28.3 Å². The van der Waals surface area contributed by atoms with Gasteiger partial charge in [0.25, 0.3) is 5.91 Å². The summed E-state index contributed by atoms with van der Waals surface area (Å²) >= 11 is 12.3. The summed E-state index contributed by atoms with van der Waals surface area (Å²) in [7, 11) is 1.52. The lowest BCUT2D eigenvalue weighted by atomic mass is 9.92. The molecule has 1 unspecified atom stereocenters. The zero-order chi connectivity index (χ0) is 22.7. The molecule has 2 N–H and O–H groups in total. The van der Waals surface area contributed by atoms with Gasteiger partial charge >= 0.3 is 0 Å². The van der Waals surface area contributed by atoms with Crippen LogP contribution in [0.3, 0.4) is 0 Å². The van der Waals surface area contributed by atoms with Gasteiger partial charge in [-0.05, 0) is 24.3 Å². The van der Waals surface area contributed by atoms with E-state index in [1.807, 2.05) is 18.2 Å². The molecule has 0 fully saturated rings. The van der Waals surface area contributed by atoms with Crippen LogP contribution in [-0.4, -0.2) is 30.5 Å². The van der Waals surface area contributed by atoms with Crippen LogP contribution in [0, 0.1) is 0 Å². The first kappa shape index (κ1) is 21.9. The molecule has 0 spiro atoms. The number of carbonyl (C=O) groups is 2. The third kappa shape index (κ3) is 4.49. The summed E-state index contributed by atoms with van der Waals surface area (Å²) in [5.74, 6) is -0.0232. The van der Waals surface area contributed by atoms with E-state index in [1.165, 1.54) is 19.5 Å². The average Bonchev–Trinajstić information content (AvgIpc) is 3.20. The van der Waals surface area contributed by atoms with E-state index >= 15 is 0 Å². The molecule has 0 saturated heterocycles. The number of rotatable bonds is 6. The number of aromatic nitrogens is 1. The van der Waals surface area contributed by atoms with E-state index < -0.39 is 5.91 Å². The predicted molar refractivity (Wildman–Crippen MR) is 123 cm³/mol. The predicted octanol–water partition coefficient (Wildman–Crippen LogP) is 5.15. The number of nitrogens with one attached hydrogen (secondary N) is 2. The Morgan fingerprint density at radius 1 is 1.09 bits per heavy atom. The molecule has 1 aromatic heterocycles. The highest BCUT2D eigenvalue weighted by Gasteiger charge is 2.34. The highest BCUT2D eigenvalue weighted by atomic mass is 35.5. The van der Waals surface area contributed by atoms with Crippen LogP contribution in [0.2, 0.25) is 10.0 Å². The highest BCUT2D eigenvalue weighted by Crippen LogP contribution is 2.45. The zero-order valence-electron chi connectivity index (χ0n) is 17.0. The van der Waals surface area contributed by atoms with Crippen molar-refractivity contribution in [3.05, 3.63) is 76.0 Å². The summed E-state index contributed by atoms with van der Waals surface area (Å²) in [6.45, 7) is 0.245. The first-order valence-electron chi connectivity index (χ1n) is 9.77. The Kier molecular flexibility index (Phi) is 6.48. The molecule has 0 aliphatic carbocycles. The number of amides is 2. The van der Waals surface area contributed by atoms with Crippen molar-refractivity contribution in [2.45, 2.75) is 12.3 Å². The third-order valence-electron chi connectivity index (χ3n) is 5.04. The van der Waals surface area contributed by atoms with Gasteiger partial charge in [0, 0.05) is 41.5 Å². The quantitative estimate of drug-likeness (QED) is 0.518. The maximum absolute atomic E-state index is 13.2. The van der Waals surface area contributed by atoms with Crippen LogP contribution in [0.5, 0.6) is 11.5 Å². The molecule has 9 heteroatoms. The van der Waals surface area contributed by atoms with Gasteiger partial charge in [-0.3, -0.25) is 14.6 Å². The number of fused-ring (bicyclic) bond motifs is 1. The molecular weight excluding hydrogens is 453 g/mol. The number of anilines is 2. The molecule has 1 aliphatic heterocycles. The van der Waals surface area contributed by atoms with Gasteiger partial charge in [-0.1, -0.05) is 41.4 Å². The molecule has 164 valence electrons. The van der Waals surface area contributed by atoms with E-state index in [1.54, 1.807) is 24.3 Å². The van der Waals surface area contributed by atoms with Crippen molar-refractivity contribution in [2.75, 3.05) is 24.4 Å². The molecule has 4 rings (SSSR count). The Hall–Kier alpha value is -3.29. The molecule has 1 aliphatic rings. The van der Waals surface area contributed by atoms with Crippen molar-refractivity contribution >= 4 is 46.4 Å². The number of hydrogen-bond donors (Lipinski definition) is 2. The summed E-state index contributed by atoms with van der Waals surface area (Å²) in [6, 6.07) is 12.4. The van der Waals surface area contributed by atoms with Gasteiger partial charge in [-0.2, -0.15) is 0 Å². The lowest BCUT2D eigenvalue weighted by molar-refractivity contribution is -0.116. The van der Waals surface area contributed by atoms with Crippen molar-refractivity contribution in [1.82, 2.24) is 4.98 Å². The monoisotopic (exact) mass is 471 g/mol. The molecule has 0 saturated carbocycles. The molecule has 3 aromatic rings. The third-order valence-corrected chi connectivity index (χ3v) is 5.62. The minimum atomic E-state index is -0.433. The van der Waals surface area contributed by atoms with Gasteiger partial charge < -0.3 is 20.1 Å². The van der Waals surface area contributed by atoms with Crippen LogP contribution in [0.25, 0.3) is 0 Å². The maximum atomic E-state index is 13.2. The minimum absolute atomic E-state index is 0.131. The molecule has 32 heavy (non-hydrogen) atoms. The summed E-state index contributed by atoms with van der Waals surface area (Å²) < 4.78 is 11.2. The maximum Gasteiger partial charge on any atom is 0.256 e. The summed E-state index contributed by atoms with van der Waals surface area (Å²) in [5.41, 5.74) is 1.91. The largest absolute Gasteiger partial charge is 0.493 e. The van der Waals surface area contributed by atoms with Gasteiger partial charge in [-0.25, -0.2) is 0 Å². The summed E-state index contributed by atoms with van der Waals surface area (Å²) in [4.78, 5) is 29.7. The molecule has 7 nitrogen and oxygen atoms in total. The van der Waals surface area contributed by atoms with Crippen molar-refractivity contribution in [2.24, 2.45) is 0 Å². The van der Waals surface area contributed by atoms with Crippen LogP contribution in [-0.2, 0) is 4.79 Å². The number of ether oxygens (including phenoxy) is 2. The molecule has 2 heterocycles. The number of benzene rings is 2. The Balaban J connectivity index is 1.62. The SMILES string of the molecule is COc1ccc(C(=O)Nc2c(Cl)cncc2Cl)c2c1OCC2CC(=O)Nc1ccccc1. The molecule has 0 bridgehead atoms. The first-order valence-corrected chi connectivity index (χ1v) is 10.5. The number of methoxy groups -OCH3 is 1. The van der Waals surface area contributed by atoms with Crippen LogP contribution < -0.4 is 20.1 Å².